The average Bonchev–Trinajstić information content (AvgIpc) is 2.88. The van der Waals surface area contributed by atoms with Gasteiger partial charge in [0, 0.05) is 39.2 Å². The van der Waals surface area contributed by atoms with Crippen LogP contribution in [0.2, 0.25) is 0 Å². The maximum absolute atomic E-state index is 11.5. The van der Waals surface area contributed by atoms with Gasteiger partial charge in [0.1, 0.15) is 6.23 Å². The highest BCUT2D eigenvalue weighted by Crippen LogP contribution is 2.72. The lowest BCUT2D eigenvalue weighted by Gasteiger charge is -2.67. The summed E-state index contributed by atoms with van der Waals surface area (Å²) >= 11 is 0. The van der Waals surface area contributed by atoms with Crippen LogP contribution in [0.5, 0.6) is 0 Å². The largest absolute Gasteiger partial charge is 0.392 e. The van der Waals surface area contributed by atoms with Gasteiger partial charge in [-0.15, -0.1) is 0 Å². The Kier molecular flexibility index (Phi) is 4.53. The summed E-state index contributed by atoms with van der Waals surface area (Å²) in [5, 5.41) is 11.5. The van der Waals surface area contributed by atoms with Gasteiger partial charge in [-0.1, -0.05) is 13.0 Å². The molecule has 0 radical (unpaired) electrons. The van der Waals surface area contributed by atoms with Crippen molar-refractivity contribution in [1.82, 2.24) is 4.90 Å². The molecule has 168 valence electrons. The SMILES string of the molecule is CCN1CC2(COC)CCC(OC)C34C2=CC(OC13)C1CC(OC)C2CC4C1C2O. The van der Waals surface area contributed by atoms with E-state index < -0.39 is 0 Å². The summed E-state index contributed by atoms with van der Waals surface area (Å²) in [6.45, 7) is 4.96. The number of nitrogens with zero attached hydrogens (tertiary/aromatic N) is 1. The molecule has 11 unspecified atom stereocenters. The van der Waals surface area contributed by atoms with Gasteiger partial charge in [-0.3, -0.25) is 4.90 Å². The Morgan fingerprint density at radius 2 is 2.03 bits per heavy atom. The minimum atomic E-state index is -0.307. The highest BCUT2D eigenvalue weighted by Gasteiger charge is 2.75. The van der Waals surface area contributed by atoms with E-state index in [-0.39, 0.29) is 53.3 Å². The molecule has 0 aromatic rings. The maximum atomic E-state index is 11.5. The van der Waals surface area contributed by atoms with Gasteiger partial charge in [-0.2, -0.15) is 0 Å². The predicted octanol–water partition coefficient (Wildman–Crippen LogP) is 2.06. The van der Waals surface area contributed by atoms with Gasteiger partial charge < -0.3 is 24.1 Å². The van der Waals surface area contributed by atoms with E-state index in [1.54, 1.807) is 12.7 Å². The molecule has 5 fully saturated rings. The lowest BCUT2D eigenvalue weighted by Crippen LogP contribution is -2.72. The molecule has 6 heteroatoms. The van der Waals surface area contributed by atoms with E-state index in [1.165, 1.54) is 0 Å². The second kappa shape index (κ2) is 6.75. The number of aliphatic hydroxyl groups is 1. The van der Waals surface area contributed by atoms with Gasteiger partial charge in [0.2, 0.25) is 0 Å². The highest BCUT2D eigenvalue weighted by molar-refractivity contribution is 5.41. The van der Waals surface area contributed by atoms with Crippen LogP contribution in [0.15, 0.2) is 11.6 Å². The first-order chi connectivity index (χ1) is 14.6. The minimum Gasteiger partial charge on any atom is -0.392 e. The molecule has 0 aromatic heterocycles. The molecular formula is C24H37NO5. The molecule has 1 spiro atoms. The zero-order valence-corrected chi connectivity index (χ0v) is 18.8. The van der Waals surface area contributed by atoms with Crippen LogP contribution in [-0.2, 0) is 18.9 Å². The molecule has 2 saturated heterocycles. The highest BCUT2D eigenvalue weighted by atomic mass is 16.5. The molecule has 1 N–H and O–H groups in total. The lowest BCUT2D eigenvalue weighted by molar-refractivity contribution is -0.251. The Morgan fingerprint density at radius 1 is 1.20 bits per heavy atom. The van der Waals surface area contributed by atoms with Crippen LogP contribution in [0.3, 0.4) is 0 Å². The molecule has 3 aliphatic heterocycles. The van der Waals surface area contributed by atoms with Gasteiger partial charge in [-0.05, 0) is 55.6 Å². The number of methoxy groups -OCH3 is 3. The Hall–Kier alpha value is -0.500. The Bertz CT molecular complexity index is 743. The average molecular weight is 420 g/mol. The molecular weight excluding hydrogens is 382 g/mol. The number of ether oxygens (including phenoxy) is 4. The van der Waals surface area contributed by atoms with Crippen molar-refractivity contribution < 1.29 is 24.1 Å². The summed E-state index contributed by atoms with van der Waals surface area (Å²) in [5.74, 6) is 1.16. The van der Waals surface area contributed by atoms with E-state index in [1.807, 2.05) is 14.2 Å². The Labute approximate surface area is 179 Å². The summed E-state index contributed by atoms with van der Waals surface area (Å²) in [5.41, 5.74) is 1.37. The summed E-state index contributed by atoms with van der Waals surface area (Å²) in [7, 11) is 5.52. The first kappa shape index (κ1) is 20.1. The number of aliphatic hydroxyl groups excluding tert-OH is 1. The molecule has 0 amide bonds. The number of rotatable bonds is 5. The molecule has 11 atom stereocenters. The summed E-state index contributed by atoms with van der Waals surface area (Å²) in [6.07, 6.45) is 6.59. The lowest BCUT2D eigenvalue weighted by atomic mass is 9.48. The Balaban J connectivity index is 1.59. The fourth-order valence-electron chi connectivity index (χ4n) is 9.20. The zero-order valence-electron chi connectivity index (χ0n) is 18.8. The molecule has 7 rings (SSSR count). The van der Waals surface area contributed by atoms with Crippen LogP contribution < -0.4 is 0 Å². The van der Waals surface area contributed by atoms with E-state index in [9.17, 15) is 5.11 Å². The van der Waals surface area contributed by atoms with E-state index in [2.05, 4.69) is 17.9 Å². The quantitative estimate of drug-likeness (QED) is 0.689. The van der Waals surface area contributed by atoms with Crippen LogP contribution >= 0.6 is 0 Å². The molecule has 3 heterocycles. The molecule has 3 saturated carbocycles. The number of hydrogen-bond donors (Lipinski definition) is 1. The van der Waals surface area contributed by atoms with E-state index in [0.29, 0.717) is 11.8 Å². The van der Waals surface area contributed by atoms with Crippen molar-refractivity contribution in [3.05, 3.63) is 11.6 Å². The topological polar surface area (TPSA) is 60.4 Å². The van der Waals surface area contributed by atoms with Crippen molar-refractivity contribution in [3.63, 3.8) is 0 Å². The van der Waals surface area contributed by atoms with Crippen LogP contribution in [0, 0.1) is 34.5 Å². The first-order valence-corrected chi connectivity index (χ1v) is 11.9. The van der Waals surface area contributed by atoms with Gasteiger partial charge in [0.05, 0.1) is 36.4 Å². The fourth-order valence-corrected chi connectivity index (χ4v) is 9.20. The predicted molar refractivity (Wildman–Crippen MR) is 111 cm³/mol. The molecule has 4 aliphatic carbocycles. The monoisotopic (exact) mass is 419 g/mol. The Morgan fingerprint density at radius 3 is 2.73 bits per heavy atom. The number of piperidine rings is 1. The standard InChI is InChI=1S/C24H37NO5/c1-5-25-11-23(12-27-2)7-6-19(29-4)24-15-8-14-16(28-3)9-13(20(15)21(14)26)17(10-18(23)24)30-22(24)25/h10,13-17,19-22,26H,5-9,11-12H2,1-4H3. The fraction of sp³-hybridized carbons (Fsp3) is 0.917. The number of likely N-dealkylation sites (tertiary alicyclic amines) is 1. The molecule has 7 bridgehead atoms. The smallest absolute Gasteiger partial charge is 0.123 e. The third kappa shape index (κ3) is 2.16. The van der Waals surface area contributed by atoms with Gasteiger partial charge in [0.15, 0.2) is 0 Å². The van der Waals surface area contributed by atoms with Crippen LogP contribution in [0.25, 0.3) is 0 Å². The summed E-state index contributed by atoms with van der Waals surface area (Å²) in [4.78, 5) is 2.56. The van der Waals surface area contributed by atoms with E-state index in [4.69, 9.17) is 18.9 Å². The van der Waals surface area contributed by atoms with Crippen LogP contribution in [0.4, 0.5) is 0 Å². The van der Waals surface area contributed by atoms with Crippen molar-refractivity contribution >= 4 is 0 Å². The molecule has 6 nitrogen and oxygen atoms in total. The van der Waals surface area contributed by atoms with E-state index in [0.717, 1.165) is 45.4 Å². The molecule has 7 aliphatic rings. The number of hydrogen-bond acceptors (Lipinski definition) is 6. The van der Waals surface area contributed by atoms with Crippen molar-refractivity contribution in [2.24, 2.45) is 34.5 Å². The van der Waals surface area contributed by atoms with Gasteiger partial charge in [0.25, 0.3) is 0 Å². The molecule has 30 heavy (non-hydrogen) atoms. The van der Waals surface area contributed by atoms with Crippen molar-refractivity contribution in [2.45, 2.75) is 63.3 Å². The maximum Gasteiger partial charge on any atom is 0.123 e. The van der Waals surface area contributed by atoms with Crippen molar-refractivity contribution in [2.75, 3.05) is 41.0 Å². The van der Waals surface area contributed by atoms with E-state index >= 15 is 0 Å². The number of fused-ring (bicyclic) bond motifs is 1. The summed E-state index contributed by atoms with van der Waals surface area (Å²) in [6, 6.07) is 0. The minimum absolute atomic E-state index is 0.0284. The van der Waals surface area contributed by atoms with Crippen molar-refractivity contribution in [1.29, 1.82) is 0 Å². The van der Waals surface area contributed by atoms with Gasteiger partial charge >= 0.3 is 0 Å². The first-order valence-electron chi connectivity index (χ1n) is 11.9. The van der Waals surface area contributed by atoms with Crippen molar-refractivity contribution in [3.8, 4) is 0 Å². The molecule has 0 aromatic carbocycles. The van der Waals surface area contributed by atoms with Crippen LogP contribution in [-0.4, -0.2) is 81.7 Å². The zero-order chi connectivity index (χ0) is 20.8. The second-order valence-corrected chi connectivity index (χ2v) is 10.8. The normalized spacial score (nSPS) is 56.0. The van der Waals surface area contributed by atoms with Crippen LogP contribution in [0.1, 0.15) is 32.6 Å². The third-order valence-electron chi connectivity index (χ3n) is 10.1. The second-order valence-electron chi connectivity index (χ2n) is 10.8. The van der Waals surface area contributed by atoms with Gasteiger partial charge in [-0.25, -0.2) is 0 Å². The summed E-state index contributed by atoms with van der Waals surface area (Å²) < 4.78 is 25.0. The third-order valence-corrected chi connectivity index (χ3v) is 10.1.